The molecule has 10 heteroatoms. The number of aliphatic hydroxyl groups is 1. The van der Waals surface area contributed by atoms with Gasteiger partial charge in [-0.15, -0.1) is 0 Å². The van der Waals surface area contributed by atoms with Gasteiger partial charge in [0, 0.05) is 49.0 Å². The Balaban J connectivity index is 1.71. The minimum Gasteiger partial charge on any atom is -0.494 e. The van der Waals surface area contributed by atoms with Crippen LogP contribution < -0.4 is 15.4 Å². The van der Waals surface area contributed by atoms with E-state index in [-0.39, 0.29) is 42.1 Å². The van der Waals surface area contributed by atoms with Gasteiger partial charge in [0.1, 0.15) is 11.6 Å². The number of carbonyl (C=O) groups excluding carboxylic acids is 1. The normalized spacial score (nSPS) is 11.0. The first-order valence-corrected chi connectivity index (χ1v) is 11.1. The van der Waals surface area contributed by atoms with Gasteiger partial charge in [0.15, 0.2) is 5.82 Å². The lowest BCUT2D eigenvalue weighted by Crippen LogP contribution is -2.11. The molecule has 4 rings (SSSR count). The van der Waals surface area contributed by atoms with E-state index in [9.17, 15) is 18.7 Å². The van der Waals surface area contributed by atoms with Crippen molar-refractivity contribution >= 4 is 34.1 Å². The Labute approximate surface area is 200 Å². The van der Waals surface area contributed by atoms with Crippen molar-refractivity contribution in [2.45, 2.75) is 26.3 Å². The van der Waals surface area contributed by atoms with Crippen molar-refractivity contribution in [2.24, 2.45) is 0 Å². The van der Waals surface area contributed by atoms with Gasteiger partial charge in [-0.25, -0.2) is 18.7 Å². The molecule has 0 unspecified atom stereocenters. The number of methoxy groups -OCH3 is 1. The first-order valence-electron chi connectivity index (χ1n) is 11.1. The Morgan fingerprint density at radius 1 is 1.17 bits per heavy atom. The Hall–Kier alpha value is -4.05. The molecule has 0 fully saturated rings. The van der Waals surface area contributed by atoms with Gasteiger partial charge in [-0.2, -0.15) is 0 Å². The maximum Gasteiger partial charge on any atom is 0.227 e. The average Bonchev–Trinajstić information content (AvgIpc) is 3.22. The third-order valence-corrected chi connectivity index (χ3v) is 5.46. The molecule has 0 aliphatic rings. The van der Waals surface area contributed by atoms with Gasteiger partial charge in [0.05, 0.1) is 29.7 Å². The van der Waals surface area contributed by atoms with Crippen molar-refractivity contribution in [2.75, 3.05) is 24.4 Å². The molecule has 2 heterocycles. The smallest absolute Gasteiger partial charge is 0.227 e. The van der Waals surface area contributed by atoms with Gasteiger partial charge >= 0.3 is 0 Å². The summed E-state index contributed by atoms with van der Waals surface area (Å²) in [5.74, 6) is -0.883. The predicted molar refractivity (Wildman–Crippen MR) is 130 cm³/mol. The lowest BCUT2D eigenvalue weighted by molar-refractivity contribution is -0.115. The van der Waals surface area contributed by atoms with Crippen molar-refractivity contribution in [1.29, 1.82) is 0 Å². The Bertz CT molecular complexity index is 1370. The van der Waals surface area contributed by atoms with Crippen LogP contribution in [0.5, 0.6) is 5.75 Å². The molecule has 2 aromatic carbocycles. The maximum atomic E-state index is 14.4. The van der Waals surface area contributed by atoms with Crippen LogP contribution in [-0.4, -0.2) is 39.3 Å². The first-order chi connectivity index (χ1) is 16.9. The highest BCUT2D eigenvalue weighted by molar-refractivity contribution is 5.95. The molecule has 0 saturated carbocycles. The number of aromatic nitrogens is 3. The molecule has 2 aromatic heterocycles. The number of nitrogens with one attached hydrogen (secondary N) is 2. The zero-order valence-electron chi connectivity index (χ0n) is 19.3. The molecule has 1 amide bonds. The molecule has 0 atom stereocenters. The van der Waals surface area contributed by atoms with Crippen LogP contribution >= 0.6 is 0 Å². The number of fused-ring (bicyclic) bond motifs is 1. The van der Waals surface area contributed by atoms with Crippen LogP contribution in [0.25, 0.3) is 22.2 Å². The summed E-state index contributed by atoms with van der Waals surface area (Å²) in [5.41, 5.74) is 2.42. The van der Waals surface area contributed by atoms with E-state index >= 15 is 0 Å². The molecular weight excluding hydrogens is 456 g/mol. The van der Waals surface area contributed by atoms with Gasteiger partial charge in [-0.3, -0.25) is 4.79 Å². The SMILES string of the molecule is CCC(=O)Nc1cc(Nc2nccc(-c3cn(CCCO)c4cc(F)ccc34)n2)c(OC)cc1F. The number of benzene rings is 2. The Kier molecular flexibility index (Phi) is 7.21. The summed E-state index contributed by atoms with van der Waals surface area (Å²) in [5, 5.41) is 15.6. The average molecular weight is 482 g/mol. The highest BCUT2D eigenvalue weighted by Gasteiger charge is 2.16. The standard InChI is InChI=1S/C25H25F2N5O3/c1-3-24(34)29-20-13-21(23(35-2)12-18(20)27)31-25-28-8-7-19(30-25)17-14-32(9-4-10-33)22-11-15(26)5-6-16(17)22/h5-8,11-14,33H,3-4,9-10H2,1-2H3,(H,29,34)(H,28,30,31). The minimum absolute atomic E-state index is 0.00489. The second-order valence-electron chi connectivity index (χ2n) is 7.80. The molecule has 8 nitrogen and oxygen atoms in total. The van der Waals surface area contributed by atoms with Crippen LogP contribution in [0.3, 0.4) is 0 Å². The molecule has 0 radical (unpaired) electrons. The summed E-state index contributed by atoms with van der Waals surface area (Å²) in [7, 11) is 1.40. The van der Waals surface area contributed by atoms with E-state index in [0.29, 0.717) is 29.9 Å². The molecule has 0 aliphatic heterocycles. The number of anilines is 3. The van der Waals surface area contributed by atoms with Crippen LogP contribution in [0.4, 0.5) is 26.1 Å². The van der Waals surface area contributed by atoms with Gasteiger partial charge in [-0.1, -0.05) is 6.92 Å². The highest BCUT2D eigenvalue weighted by Crippen LogP contribution is 2.34. The van der Waals surface area contributed by atoms with Crippen molar-refractivity contribution in [3.63, 3.8) is 0 Å². The van der Waals surface area contributed by atoms with Gasteiger partial charge in [-0.05, 0) is 36.8 Å². The molecule has 4 aromatic rings. The molecule has 0 bridgehead atoms. The topological polar surface area (TPSA) is 101 Å². The van der Waals surface area contributed by atoms with Crippen LogP contribution in [0, 0.1) is 11.6 Å². The number of hydrogen-bond acceptors (Lipinski definition) is 6. The van der Waals surface area contributed by atoms with Crippen molar-refractivity contribution in [3.05, 3.63) is 60.4 Å². The number of nitrogens with zero attached hydrogens (tertiary/aromatic N) is 3. The van der Waals surface area contributed by atoms with Gasteiger partial charge in [0.25, 0.3) is 0 Å². The molecule has 3 N–H and O–H groups in total. The number of rotatable bonds is 9. The number of aryl methyl sites for hydroxylation is 1. The van der Waals surface area contributed by atoms with Crippen molar-refractivity contribution in [1.82, 2.24) is 14.5 Å². The maximum absolute atomic E-state index is 14.4. The number of aliphatic hydroxyl groups excluding tert-OH is 1. The van der Waals surface area contributed by atoms with E-state index < -0.39 is 5.82 Å². The number of amides is 1. The number of carbonyl (C=O) groups is 1. The molecule has 0 spiro atoms. The lowest BCUT2D eigenvalue weighted by Gasteiger charge is -2.14. The molecule has 182 valence electrons. The fraction of sp³-hybridized carbons (Fsp3) is 0.240. The summed E-state index contributed by atoms with van der Waals surface area (Å²) in [6, 6.07) is 8.84. The molecule has 0 aliphatic carbocycles. The fourth-order valence-corrected chi connectivity index (χ4v) is 3.74. The predicted octanol–water partition coefficient (Wildman–Crippen LogP) is 4.86. The zero-order valence-corrected chi connectivity index (χ0v) is 19.3. The summed E-state index contributed by atoms with van der Waals surface area (Å²) in [4.78, 5) is 20.6. The van der Waals surface area contributed by atoms with E-state index in [1.165, 1.54) is 31.4 Å². The Morgan fingerprint density at radius 3 is 2.74 bits per heavy atom. The van der Waals surface area contributed by atoms with E-state index in [1.54, 1.807) is 25.3 Å². The van der Waals surface area contributed by atoms with Crippen LogP contribution in [0.1, 0.15) is 19.8 Å². The Morgan fingerprint density at radius 2 is 2.00 bits per heavy atom. The monoisotopic (exact) mass is 481 g/mol. The van der Waals surface area contributed by atoms with Crippen molar-refractivity contribution in [3.8, 4) is 17.0 Å². The largest absolute Gasteiger partial charge is 0.494 e. The fourth-order valence-electron chi connectivity index (χ4n) is 3.74. The third-order valence-electron chi connectivity index (χ3n) is 5.46. The van der Waals surface area contributed by atoms with Gasteiger partial charge < -0.3 is 25.0 Å². The third kappa shape index (κ3) is 5.22. The molecule has 35 heavy (non-hydrogen) atoms. The highest BCUT2D eigenvalue weighted by atomic mass is 19.1. The summed E-state index contributed by atoms with van der Waals surface area (Å²) < 4.78 is 35.5. The second-order valence-corrected chi connectivity index (χ2v) is 7.80. The van der Waals surface area contributed by atoms with Crippen LogP contribution in [0.2, 0.25) is 0 Å². The summed E-state index contributed by atoms with van der Waals surface area (Å²) >= 11 is 0. The quantitative estimate of drug-likeness (QED) is 0.316. The number of halogens is 2. The zero-order chi connectivity index (χ0) is 24.9. The van der Waals surface area contributed by atoms with E-state index in [1.807, 2.05) is 10.8 Å². The minimum atomic E-state index is -0.633. The van der Waals surface area contributed by atoms with E-state index in [0.717, 1.165) is 10.9 Å². The summed E-state index contributed by atoms with van der Waals surface area (Å²) in [6.45, 7) is 2.21. The van der Waals surface area contributed by atoms with E-state index in [2.05, 4.69) is 20.6 Å². The van der Waals surface area contributed by atoms with Crippen LogP contribution in [-0.2, 0) is 11.3 Å². The van der Waals surface area contributed by atoms with Gasteiger partial charge in [0.2, 0.25) is 11.9 Å². The molecular formula is C25H25F2N5O3. The number of ether oxygens (including phenoxy) is 1. The van der Waals surface area contributed by atoms with Crippen molar-refractivity contribution < 1.29 is 23.4 Å². The second kappa shape index (κ2) is 10.5. The number of hydrogen-bond donors (Lipinski definition) is 3. The lowest BCUT2D eigenvalue weighted by atomic mass is 10.1. The first kappa shape index (κ1) is 24.1. The van der Waals surface area contributed by atoms with E-state index in [4.69, 9.17) is 4.74 Å². The van der Waals surface area contributed by atoms with Crippen LogP contribution in [0.15, 0.2) is 48.8 Å². The summed E-state index contributed by atoms with van der Waals surface area (Å²) in [6.07, 6.45) is 4.16. The molecule has 0 saturated heterocycles.